The molecular weight excluding hydrogens is 303 g/mol. The Hall–Kier alpha value is -2.09. The Morgan fingerprint density at radius 1 is 1.19 bits per heavy atom. The first-order valence-corrected chi connectivity index (χ1v) is 6.75. The van der Waals surface area contributed by atoms with Crippen molar-refractivity contribution in [3.8, 4) is 0 Å². The number of hydrogen-bond acceptors (Lipinski definition) is 4. The summed E-state index contributed by atoms with van der Waals surface area (Å²) in [4.78, 5) is 19.8. The maximum atomic E-state index is 13.5. The van der Waals surface area contributed by atoms with Crippen LogP contribution in [0.25, 0.3) is 0 Å². The summed E-state index contributed by atoms with van der Waals surface area (Å²) in [7, 11) is 0. The quantitative estimate of drug-likeness (QED) is 0.535. The van der Waals surface area contributed by atoms with Crippen LogP contribution in [0.3, 0.4) is 0 Å². The van der Waals surface area contributed by atoms with Crippen LogP contribution in [-0.2, 0) is 4.79 Å². The summed E-state index contributed by atoms with van der Waals surface area (Å²) in [6.07, 6.45) is 3.05. The highest BCUT2D eigenvalue weighted by molar-refractivity contribution is 8.00. The van der Waals surface area contributed by atoms with E-state index in [0.29, 0.717) is 5.16 Å². The fourth-order valence-corrected chi connectivity index (χ4v) is 2.14. The SMILES string of the molecule is C[C@H](Sc1ncccn1)C(=O)Nc1ccc(F)c(F)c1F. The molecule has 0 saturated carbocycles. The van der Waals surface area contributed by atoms with Gasteiger partial charge in [-0.3, -0.25) is 4.79 Å². The predicted octanol–water partition coefficient (Wildman–Crippen LogP) is 3.01. The molecule has 0 aliphatic carbocycles. The average molecular weight is 313 g/mol. The van der Waals surface area contributed by atoms with E-state index in [9.17, 15) is 18.0 Å². The third kappa shape index (κ3) is 3.72. The summed E-state index contributed by atoms with van der Waals surface area (Å²) in [6.45, 7) is 1.56. The van der Waals surface area contributed by atoms with Crippen molar-refractivity contribution in [2.75, 3.05) is 5.32 Å². The molecule has 0 aliphatic heterocycles. The highest BCUT2D eigenvalue weighted by Gasteiger charge is 2.19. The molecule has 4 nitrogen and oxygen atoms in total. The minimum absolute atomic E-state index is 0.380. The fraction of sp³-hybridized carbons (Fsp3) is 0.154. The van der Waals surface area contributed by atoms with Crippen LogP contribution in [-0.4, -0.2) is 21.1 Å². The van der Waals surface area contributed by atoms with Crippen LogP contribution < -0.4 is 5.32 Å². The van der Waals surface area contributed by atoms with Gasteiger partial charge in [-0.25, -0.2) is 23.1 Å². The molecule has 0 bridgehead atoms. The lowest BCUT2D eigenvalue weighted by molar-refractivity contribution is -0.115. The van der Waals surface area contributed by atoms with Crippen molar-refractivity contribution in [2.45, 2.75) is 17.3 Å². The highest BCUT2D eigenvalue weighted by Crippen LogP contribution is 2.23. The Balaban J connectivity index is 2.06. The smallest absolute Gasteiger partial charge is 0.237 e. The minimum atomic E-state index is -1.63. The van der Waals surface area contributed by atoms with E-state index in [2.05, 4.69) is 15.3 Å². The van der Waals surface area contributed by atoms with Crippen LogP contribution in [0.15, 0.2) is 35.7 Å². The third-order valence-corrected chi connectivity index (χ3v) is 3.48. The lowest BCUT2D eigenvalue weighted by Gasteiger charge is -2.11. The second-order valence-corrected chi connectivity index (χ2v) is 5.31. The monoisotopic (exact) mass is 313 g/mol. The molecule has 0 radical (unpaired) electrons. The molecule has 1 heterocycles. The molecule has 0 spiro atoms. The van der Waals surface area contributed by atoms with Gasteiger partial charge < -0.3 is 5.32 Å². The molecular formula is C13H10F3N3OS. The Bertz CT molecular complexity index is 655. The number of halogens is 3. The van der Waals surface area contributed by atoms with Crippen molar-refractivity contribution in [3.05, 3.63) is 48.0 Å². The fourth-order valence-electron chi connectivity index (χ4n) is 1.41. The zero-order chi connectivity index (χ0) is 15.4. The summed E-state index contributed by atoms with van der Waals surface area (Å²) >= 11 is 1.06. The number of rotatable bonds is 4. The first kappa shape index (κ1) is 15.3. The minimum Gasteiger partial charge on any atom is -0.323 e. The number of benzene rings is 1. The highest BCUT2D eigenvalue weighted by atomic mass is 32.2. The van der Waals surface area contributed by atoms with Crippen molar-refractivity contribution >= 4 is 23.4 Å². The Morgan fingerprint density at radius 3 is 2.52 bits per heavy atom. The van der Waals surface area contributed by atoms with Crippen LogP contribution in [0.1, 0.15) is 6.92 Å². The van der Waals surface area contributed by atoms with E-state index in [1.165, 1.54) is 12.4 Å². The summed E-state index contributed by atoms with van der Waals surface area (Å²) < 4.78 is 39.3. The molecule has 1 aromatic carbocycles. The van der Waals surface area contributed by atoms with Gasteiger partial charge in [0.05, 0.1) is 10.9 Å². The van der Waals surface area contributed by atoms with Gasteiger partial charge >= 0.3 is 0 Å². The van der Waals surface area contributed by atoms with Crippen LogP contribution >= 0.6 is 11.8 Å². The van der Waals surface area contributed by atoms with E-state index in [4.69, 9.17) is 0 Å². The second kappa shape index (κ2) is 6.57. The molecule has 2 aromatic rings. The van der Waals surface area contributed by atoms with Crippen molar-refractivity contribution in [2.24, 2.45) is 0 Å². The van der Waals surface area contributed by atoms with E-state index in [1.807, 2.05) is 0 Å². The number of amides is 1. The number of carbonyl (C=O) groups is 1. The standard InChI is InChI=1S/C13H10F3N3OS/c1-7(21-13-17-5-2-6-18-13)12(20)19-9-4-3-8(14)10(15)11(9)16/h2-7H,1H3,(H,19,20)/t7-/m0/s1. The maximum absolute atomic E-state index is 13.5. The Morgan fingerprint density at radius 2 is 1.86 bits per heavy atom. The molecule has 8 heteroatoms. The van der Waals surface area contributed by atoms with E-state index in [0.717, 1.165) is 23.9 Å². The molecule has 0 aliphatic rings. The van der Waals surface area contributed by atoms with E-state index in [-0.39, 0.29) is 0 Å². The van der Waals surface area contributed by atoms with Gasteiger partial charge in [0.2, 0.25) is 5.91 Å². The number of aromatic nitrogens is 2. The number of nitrogens with zero attached hydrogens (tertiary/aromatic N) is 2. The Kier molecular flexibility index (Phi) is 4.79. The number of nitrogens with one attached hydrogen (secondary N) is 1. The van der Waals surface area contributed by atoms with Crippen molar-refractivity contribution in [3.63, 3.8) is 0 Å². The van der Waals surface area contributed by atoms with Gasteiger partial charge in [-0.05, 0) is 25.1 Å². The summed E-state index contributed by atoms with van der Waals surface area (Å²) in [5.74, 6) is -4.95. The average Bonchev–Trinajstić information content (AvgIpc) is 2.48. The van der Waals surface area contributed by atoms with Gasteiger partial charge in [0.15, 0.2) is 22.6 Å². The normalized spacial score (nSPS) is 12.0. The third-order valence-electron chi connectivity index (χ3n) is 2.49. The summed E-state index contributed by atoms with van der Waals surface area (Å²) in [5.41, 5.74) is -0.416. The van der Waals surface area contributed by atoms with Crippen LogP contribution in [0, 0.1) is 17.5 Å². The van der Waals surface area contributed by atoms with Crippen molar-refractivity contribution in [1.82, 2.24) is 9.97 Å². The van der Waals surface area contributed by atoms with Gasteiger partial charge in [-0.15, -0.1) is 0 Å². The lowest BCUT2D eigenvalue weighted by Crippen LogP contribution is -2.23. The number of thioether (sulfide) groups is 1. The number of anilines is 1. The first-order valence-electron chi connectivity index (χ1n) is 5.87. The molecule has 0 unspecified atom stereocenters. The molecule has 110 valence electrons. The van der Waals surface area contributed by atoms with Crippen molar-refractivity contribution < 1.29 is 18.0 Å². The molecule has 21 heavy (non-hydrogen) atoms. The van der Waals surface area contributed by atoms with E-state index in [1.54, 1.807) is 13.0 Å². The zero-order valence-electron chi connectivity index (χ0n) is 10.8. The van der Waals surface area contributed by atoms with Gasteiger partial charge in [-0.2, -0.15) is 0 Å². The topological polar surface area (TPSA) is 54.9 Å². The lowest BCUT2D eigenvalue weighted by atomic mass is 10.2. The van der Waals surface area contributed by atoms with Crippen LogP contribution in [0.5, 0.6) is 0 Å². The largest absolute Gasteiger partial charge is 0.323 e. The zero-order valence-corrected chi connectivity index (χ0v) is 11.6. The van der Waals surface area contributed by atoms with Gasteiger partial charge in [0.25, 0.3) is 0 Å². The Labute approximate surface area is 122 Å². The molecule has 0 saturated heterocycles. The summed E-state index contributed by atoms with van der Waals surface area (Å²) in [6, 6.07) is 3.33. The second-order valence-electron chi connectivity index (χ2n) is 4.00. The van der Waals surface area contributed by atoms with Crippen molar-refractivity contribution in [1.29, 1.82) is 0 Å². The molecule has 0 fully saturated rings. The molecule has 1 aromatic heterocycles. The van der Waals surface area contributed by atoms with Gasteiger partial charge in [0.1, 0.15) is 0 Å². The van der Waals surface area contributed by atoms with E-state index < -0.39 is 34.3 Å². The van der Waals surface area contributed by atoms with Crippen LogP contribution in [0.4, 0.5) is 18.9 Å². The van der Waals surface area contributed by atoms with Gasteiger partial charge in [0, 0.05) is 12.4 Å². The maximum Gasteiger partial charge on any atom is 0.237 e. The number of carbonyl (C=O) groups excluding carboxylic acids is 1. The summed E-state index contributed by atoms with van der Waals surface area (Å²) in [5, 5.41) is 1.94. The number of hydrogen-bond donors (Lipinski definition) is 1. The predicted molar refractivity (Wildman–Crippen MR) is 72.3 cm³/mol. The molecule has 1 atom stereocenters. The van der Waals surface area contributed by atoms with Gasteiger partial charge in [-0.1, -0.05) is 11.8 Å². The molecule has 1 amide bonds. The molecule has 1 N–H and O–H groups in total. The first-order chi connectivity index (χ1) is 9.99. The van der Waals surface area contributed by atoms with Crippen LogP contribution in [0.2, 0.25) is 0 Å². The molecule has 2 rings (SSSR count). The van der Waals surface area contributed by atoms with E-state index >= 15 is 0 Å².